The fourth-order valence-electron chi connectivity index (χ4n) is 2.86. The number of rotatable bonds is 8. The molecule has 0 spiro atoms. The molecule has 0 unspecified atom stereocenters. The number of ether oxygens (including phenoxy) is 1. The van der Waals surface area contributed by atoms with E-state index in [1.54, 1.807) is 0 Å². The topological polar surface area (TPSA) is 48.9 Å². The van der Waals surface area contributed by atoms with E-state index in [9.17, 15) is 0 Å². The lowest BCUT2D eigenvalue weighted by Crippen LogP contribution is -2.50. The summed E-state index contributed by atoms with van der Waals surface area (Å²) in [6, 6.07) is 1.21. The highest BCUT2D eigenvalue weighted by Crippen LogP contribution is 2.28. The van der Waals surface area contributed by atoms with Crippen molar-refractivity contribution in [3.8, 4) is 0 Å². The third kappa shape index (κ3) is 6.53. The van der Waals surface area contributed by atoms with Crippen LogP contribution in [-0.4, -0.2) is 62.8 Å². The van der Waals surface area contributed by atoms with Crippen molar-refractivity contribution >= 4 is 5.96 Å². The summed E-state index contributed by atoms with van der Waals surface area (Å²) in [5.41, 5.74) is 0. The van der Waals surface area contributed by atoms with Crippen LogP contribution in [0.5, 0.6) is 0 Å². The molecule has 1 heterocycles. The third-order valence-electron chi connectivity index (χ3n) is 4.63. The molecular formula is C17H34N4O. The Kier molecular flexibility index (Phi) is 7.46. The molecule has 1 aliphatic carbocycles. The van der Waals surface area contributed by atoms with E-state index in [1.165, 1.54) is 38.8 Å². The molecule has 0 aromatic carbocycles. The number of hydrogen-bond acceptors (Lipinski definition) is 3. The molecule has 5 heteroatoms. The van der Waals surface area contributed by atoms with Crippen molar-refractivity contribution in [2.75, 3.05) is 39.9 Å². The molecule has 0 aromatic rings. The molecule has 0 amide bonds. The number of piperidine rings is 1. The van der Waals surface area contributed by atoms with E-state index in [0.29, 0.717) is 12.1 Å². The predicted octanol–water partition coefficient (Wildman–Crippen LogP) is 1.84. The zero-order chi connectivity index (χ0) is 15.8. The molecule has 1 saturated heterocycles. The molecular weight excluding hydrogens is 276 g/mol. The smallest absolute Gasteiger partial charge is 0.191 e. The van der Waals surface area contributed by atoms with E-state index < -0.39 is 0 Å². The van der Waals surface area contributed by atoms with Crippen LogP contribution in [0.25, 0.3) is 0 Å². The first-order valence-electron chi connectivity index (χ1n) is 8.98. The number of aliphatic imine (C=N–C) groups is 1. The Hall–Kier alpha value is -0.810. The van der Waals surface area contributed by atoms with Gasteiger partial charge in [-0.15, -0.1) is 0 Å². The molecule has 1 saturated carbocycles. The number of nitrogens with zero attached hydrogens (tertiary/aromatic N) is 2. The van der Waals surface area contributed by atoms with Gasteiger partial charge in [-0.3, -0.25) is 4.99 Å². The van der Waals surface area contributed by atoms with E-state index in [-0.39, 0.29) is 0 Å². The fourth-order valence-corrected chi connectivity index (χ4v) is 2.86. The van der Waals surface area contributed by atoms with Crippen LogP contribution in [0.4, 0.5) is 0 Å². The Morgan fingerprint density at radius 3 is 2.55 bits per heavy atom. The van der Waals surface area contributed by atoms with Crippen LogP contribution < -0.4 is 10.6 Å². The molecule has 5 nitrogen and oxygen atoms in total. The predicted molar refractivity (Wildman–Crippen MR) is 92.4 cm³/mol. The number of nitrogens with one attached hydrogen (secondary N) is 2. The maximum absolute atomic E-state index is 5.65. The van der Waals surface area contributed by atoms with Gasteiger partial charge in [-0.2, -0.15) is 0 Å². The van der Waals surface area contributed by atoms with Crippen LogP contribution in [0, 0.1) is 5.92 Å². The van der Waals surface area contributed by atoms with Crippen molar-refractivity contribution in [3.05, 3.63) is 0 Å². The standard InChI is InChI=1S/C17H34N4O/c1-14(2)21-10-7-16(8-11-21)20-17(18-3)19-9-4-12-22-13-15-5-6-15/h14-16H,4-13H2,1-3H3,(H2,18,19,20). The maximum Gasteiger partial charge on any atom is 0.191 e. The number of hydrogen-bond donors (Lipinski definition) is 2. The van der Waals surface area contributed by atoms with Crippen molar-refractivity contribution < 1.29 is 4.74 Å². The molecule has 2 fully saturated rings. The minimum absolute atomic E-state index is 0.548. The highest BCUT2D eigenvalue weighted by atomic mass is 16.5. The lowest BCUT2D eigenvalue weighted by Gasteiger charge is -2.35. The van der Waals surface area contributed by atoms with Crippen molar-refractivity contribution in [1.82, 2.24) is 15.5 Å². The lowest BCUT2D eigenvalue weighted by molar-refractivity contribution is 0.123. The third-order valence-corrected chi connectivity index (χ3v) is 4.63. The largest absolute Gasteiger partial charge is 0.381 e. The minimum Gasteiger partial charge on any atom is -0.381 e. The zero-order valence-electron chi connectivity index (χ0n) is 14.6. The van der Waals surface area contributed by atoms with Gasteiger partial charge in [0.1, 0.15) is 0 Å². The van der Waals surface area contributed by atoms with Crippen LogP contribution in [0.2, 0.25) is 0 Å². The first kappa shape index (κ1) is 17.5. The average Bonchev–Trinajstić information content (AvgIpc) is 3.34. The maximum atomic E-state index is 5.65. The molecule has 0 aromatic heterocycles. The van der Waals surface area contributed by atoms with Crippen molar-refractivity contribution in [2.45, 2.75) is 58.0 Å². The number of guanidine groups is 1. The van der Waals surface area contributed by atoms with Crippen LogP contribution in [0.15, 0.2) is 4.99 Å². The van der Waals surface area contributed by atoms with Gasteiger partial charge in [0.05, 0.1) is 0 Å². The van der Waals surface area contributed by atoms with E-state index >= 15 is 0 Å². The summed E-state index contributed by atoms with van der Waals surface area (Å²) in [4.78, 5) is 6.88. The minimum atomic E-state index is 0.548. The molecule has 2 aliphatic rings. The Labute approximate surface area is 135 Å². The summed E-state index contributed by atoms with van der Waals surface area (Å²) in [6.45, 7) is 9.66. The van der Waals surface area contributed by atoms with Crippen molar-refractivity contribution in [1.29, 1.82) is 0 Å². The van der Waals surface area contributed by atoms with Crippen molar-refractivity contribution in [2.24, 2.45) is 10.9 Å². The van der Waals surface area contributed by atoms with Gasteiger partial charge in [0.15, 0.2) is 5.96 Å². The van der Waals surface area contributed by atoms with E-state index in [0.717, 1.165) is 38.1 Å². The Morgan fingerprint density at radius 1 is 1.23 bits per heavy atom. The molecule has 128 valence electrons. The Balaban J connectivity index is 1.53. The van der Waals surface area contributed by atoms with Gasteiger partial charge < -0.3 is 20.3 Å². The Morgan fingerprint density at radius 2 is 1.95 bits per heavy atom. The Bertz CT molecular complexity index is 334. The van der Waals surface area contributed by atoms with Crippen LogP contribution >= 0.6 is 0 Å². The molecule has 2 N–H and O–H groups in total. The highest BCUT2D eigenvalue weighted by molar-refractivity contribution is 5.79. The van der Waals surface area contributed by atoms with Gasteiger partial charge in [0.25, 0.3) is 0 Å². The summed E-state index contributed by atoms with van der Waals surface area (Å²) in [5.74, 6) is 1.80. The summed E-state index contributed by atoms with van der Waals surface area (Å²) in [6.07, 6.45) is 6.17. The molecule has 0 atom stereocenters. The van der Waals surface area contributed by atoms with Crippen molar-refractivity contribution in [3.63, 3.8) is 0 Å². The van der Waals surface area contributed by atoms with Gasteiger partial charge in [0.2, 0.25) is 0 Å². The second-order valence-corrected chi connectivity index (χ2v) is 6.92. The molecule has 22 heavy (non-hydrogen) atoms. The first-order chi connectivity index (χ1) is 10.7. The quantitative estimate of drug-likeness (QED) is 0.408. The summed E-state index contributed by atoms with van der Waals surface area (Å²) < 4.78 is 5.65. The van der Waals surface area contributed by atoms with E-state index in [4.69, 9.17) is 4.74 Å². The summed E-state index contributed by atoms with van der Waals surface area (Å²) in [5, 5.41) is 6.96. The highest BCUT2D eigenvalue weighted by Gasteiger charge is 2.22. The lowest BCUT2D eigenvalue weighted by atomic mass is 10.0. The first-order valence-corrected chi connectivity index (χ1v) is 8.98. The summed E-state index contributed by atoms with van der Waals surface area (Å²) in [7, 11) is 1.85. The summed E-state index contributed by atoms with van der Waals surface area (Å²) >= 11 is 0. The van der Waals surface area contributed by atoms with Crippen LogP contribution in [0.3, 0.4) is 0 Å². The monoisotopic (exact) mass is 310 g/mol. The fraction of sp³-hybridized carbons (Fsp3) is 0.941. The van der Waals surface area contributed by atoms with Gasteiger partial charge >= 0.3 is 0 Å². The molecule has 0 bridgehead atoms. The van der Waals surface area contributed by atoms with Crippen LogP contribution in [-0.2, 0) is 4.74 Å². The van der Waals surface area contributed by atoms with E-state index in [2.05, 4.69) is 34.4 Å². The van der Waals surface area contributed by atoms with Gasteiger partial charge in [0, 0.05) is 52.0 Å². The second-order valence-electron chi connectivity index (χ2n) is 6.92. The van der Waals surface area contributed by atoms with Crippen LogP contribution in [0.1, 0.15) is 46.0 Å². The number of likely N-dealkylation sites (tertiary alicyclic amines) is 1. The van der Waals surface area contributed by atoms with Gasteiger partial charge in [-0.25, -0.2) is 0 Å². The zero-order valence-corrected chi connectivity index (χ0v) is 14.6. The average molecular weight is 310 g/mol. The van der Waals surface area contributed by atoms with E-state index in [1.807, 2.05) is 7.05 Å². The molecule has 2 rings (SSSR count). The van der Waals surface area contributed by atoms with Gasteiger partial charge in [-0.1, -0.05) is 0 Å². The SMILES string of the molecule is CN=C(NCCCOCC1CC1)NC1CCN(C(C)C)CC1. The molecule has 0 radical (unpaired) electrons. The molecule has 1 aliphatic heterocycles. The van der Waals surface area contributed by atoms with Gasteiger partial charge in [-0.05, 0) is 51.9 Å². The second kappa shape index (κ2) is 9.36. The normalized spacial score (nSPS) is 21.4.